The van der Waals surface area contributed by atoms with Crippen LogP contribution in [0.15, 0.2) is 34.9 Å². The molecule has 0 bridgehead atoms. The van der Waals surface area contributed by atoms with Crippen molar-refractivity contribution in [2.45, 2.75) is 25.7 Å². The van der Waals surface area contributed by atoms with Crippen LogP contribution >= 0.6 is 11.6 Å². The highest BCUT2D eigenvalue weighted by molar-refractivity contribution is 6.33. The molecule has 1 aliphatic rings. The van der Waals surface area contributed by atoms with Gasteiger partial charge in [-0.1, -0.05) is 23.7 Å². The van der Waals surface area contributed by atoms with Gasteiger partial charge in [0.25, 0.3) is 0 Å². The Morgan fingerprint density at radius 3 is 2.79 bits per heavy atom. The maximum absolute atomic E-state index is 12.3. The molecule has 24 heavy (non-hydrogen) atoms. The lowest BCUT2D eigenvalue weighted by Crippen LogP contribution is -2.39. The number of hydrogen-bond acceptors (Lipinski definition) is 4. The first-order valence-electron chi connectivity index (χ1n) is 8.25. The van der Waals surface area contributed by atoms with Gasteiger partial charge >= 0.3 is 0 Å². The van der Waals surface area contributed by atoms with Gasteiger partial charge in [0.15, 0.2) is 11.7 Å². The first-order chi connectivity index (χ1) is 11.7. The molecular formula is C18H21ClN2O3. The fraction of sp³-hybridized carbons (Fsp3) is 0.444. The van der Waals surface area contributed by atoms with Gasteiger partial charge in [0.2, 0.25) is 5.91 Å². The van der Waals surface area contributed by atoms with Gasteiger partial charge in [-0.25, -0.2) is 4.98 Å². The lowest BCUT2D eigenvalue weighted by Gasteiger charge is -2.31. The number of aromatic nitrogens is 1. The number of halogens is 1. The molecule has 1 N–H and O–H groups in total. The monoisotopic (exact) mass is 348 g/mol. The number of nitrogens with zero attached hydrogens (tertiary/aromatic N) is 2. The number of aryl methyl sites for hydroxylation is 1. The standard InChI is InChI=1S/C18H21ClN2O3/c19-15-4-2-1-3-14(15)16-11-20-17(24-16)5-6-18(23)21-9-7-13(12-22)8-10-21/h1-4,11,13,22H,5-10,12H2. The zero-order valence-corrected chi connectivity index (χ0v) is 14.2. The second-order valence-electron chi connectivity index (χ2n) is 6.10. The van der Waals surface area contributed by atoms with Gasteiger partial charge in [0.05, 0.1) is 11.2 Å². The van der Waals surface area contributed by atoms with Crippen LogP contribution in [0.2, 0.25) is 5.02 Å². The Morgan fingerprint density at radius 2 is 2.08 bits per heavy atom. The molecule has 1 fully saturated rings. The predicted octanol–water partition coefficient (Wildman–Crippen LogP) is 3.16. The van der Waals surface area contributed by atoms with Gasteiger partial charge in [-0.3, -0.25) is 4.79 Å². The molecule has 0 atom stereocenters. The van der Waals surface area contributed by atoms with E-state index in [1.807, 2.05) is 23.1 Å². The van der Waals surface area contributed by atoms with Gasteiger partial charge in [-0.15, -0.1) is 0 Å². The van der Waals surface area contributed by atoms with Crippen molar-refractivity contribution in [2.75, 3.05) is 19.7 Å². The molecule has 0 spiro atoms. The van der Waals surface area contributed by atoms with Crippen molar-refractivity contribution >= 4 is 17.5 Å². The molecular weight excluding hydrogens is 328 g/mol. The number of benzene rings is 1. The molecule has 2 heterocycles. The summed E-state index contributed by atoms with van der Waals surface area (Å²) in [5.41, 5.74) is 0.801. The number of aliphatic hydroxyl groups is 1. The highest BCUT2D eigenvalue weighted by atomic mass is 35.5. The molecule has 1 aliphatic heterocycles. The summed E-state index contributed by atoms with van der Waals surface area (Å²) in [5.74, 6) is 1.61. The van der Waals surface area contributed by atoms with E-state index >= 15 is 0 Å². The number of piperidine rings is 1. The SMILES string of the molecule is O=C(CCc1ncc(-c2ccccc2Cl)o1)N1CCC(CO)CC1. The normalized spacial score (nSPS) is 15.7. The Labute approximate surface area is 146 Å². The van der Waals surface area contributed by atoms with Gasteiger partial charge in [0.1, 0.15) is 0 Å². The number of carbonyl (C=O) groups is 1. The van der Waals surface area contributed by atoms with E-state index in [-0.39, 0.29) is 12.5 Å². The Hall–Kier alpha value is -1.85. The number of amides is 1. The summed E-state index contributed by atoms with van der Waals surface area (Å²) < 4.78 is 5.72. The van der Waals surface area contributed by atoms with Crippen LogP contribution in [0.5, 0.6) is 0 Å². The number of oxazole rings is 1. The summed E-state index contributed by atoms with van der Waals surface area (Å²) in [4.78, 5) is 18.4. The van der Waals surface area contributed by atoms with E-state index < -0.39 is 0 Å². The number of hydrogen-bond donors (Lipinski definition) is 1. The Morgan fingerprint density at radius 1 is 1.33 bits per heavy atom. The highest BCUT2D eigenvalue weighted by Gasteiger charge is 2.22. The fourth-order valence-electron chi connectivity index (χ4n) is 2.95. The van der Waals surface area contributed by atoms with E-state index in [0.29, 0.717) is 35.4 Å². The third kappa shape index (κ3) is 3.97. The van der Waals surface area contributed by atoms with Crippen molar-refractivity contribution < 1.29 is 14.3 Å². The second-order valence-corrected chi connectivity index (χ2v) is 6.51. The lowest BCUT2D eigenvalue weighted by atomic mass is 9.97. The summed E-state index contributed by atoms with van der Waals surface area (Å²) in [6.45, 7) is 1.66. The first-order valence-corrected chi connectivity index (χ1v) is 8.63. The molecule has 6 heteroatoms. The average molecular weight is 349 g/mol. The Balaban J connectivity index is 1.54. The topological polar surface area (TPSA) is 66.6 Å². The van der Waals surface area contributed by atoms with E-state index in [1.54, 1.807) is 12.3 Å². The summed E-state index contributed by atoms with van der Waals surface area (Å²) in [6, 6.07) is 7.44. The van der Waals surface area contributed by atoms with Crippen LogP contribution in [-0.4, -0.2) is 40.6 Å². The molecule has 1 amide bonds. The zero-order chi connectivity index (χ0) is 16.9. The van der Waals surface area contributed by atoms with Gasteiger partial charge in [-0.2, -0.15) is 0 Å². The summed E-state index contributed by atoms with van der Waals surface area (Å²) in [6.07, 6.45) is 4.25. The molecule has 1 aromatic carbocycles. The molecule has 2 aromatic rings. The highest BCUT2D eigenvalue weighted by Crippen LogP contribution is 2.28. The van der Waals surface area contributed by atoms with Crippen molar-refractivity contribution in [2.24, 2.45) is 5.92 Å². The van der Waals surface area contributed by atoms with Crippen LogP contribution in [0.1, 0.15) is 25.2 Å². The van der Waals surface area contributed by atoms with E-state index in [2.05, 4.69) is 4.98 Å². The first kappa shape index (κ1) is 17.0. The van der Waals surface area contributed by atoms with E-state index in [1.165, 1.54) is 0 Å². The lowest BCUT2D eigenvalue weighted by molar-refractivity contribution is -0.132. The minimum absolute atomic E-state index is 0.115. The number of carbonyl (C=O) groups excluding carboxylic acids is 1. The minimum atomic E-state index is 0.115. The number of rotatable bonds is 5. The molecule has 3 rings (SSSR count). The van der Waals surface area contributed by atoms with Crippen LogP contribution in [0.4, 0.5) is 0 Å². The van der Waals surface area contributed by atoms with Gasteiger partial charge in [-0.05, 0) is 30.9 Å². The van der Waals surface area contributed by atoms with Crippen molar-refractivity contribution in [3.63, 3.8) is 0 Å². The maximum atomic E-state index is 12.3. The van der Waals surface area contributed by atoms with Crippen molar-refractivity contribution in [1.29, 1.82) is 0 Å². The van der Waals surface area contributed by atoms with Crippen molar-refractivity contribution in [3.8, 4) is 11.3 Å². The maximum Gasteiger partial charge on any atom is 0.223 e. The smallest absolute Gasteiger partial charge is 0.223 e. The molecule has 128 valence electrons. The predicted molar refractivity (Wildman–Crippen MR) is 91.7 cm³/mol. The van der Waals surface area contributed by atoms with Crippen LogP contribution < -0.4 is 0 Å². The van der Waals surface area contributed by atoms with Gasteiger partial charge in [0, 0.05) is 38.1 Å². The molecule has 0 saturated carbocycles. The molecule has 1 aromatic heterocycles. The van der Waals surface area contributed by atoms with E-state index in [9.17, 15) is 4.79 Å². The van der Waals surface area contributed by atoms with Gasteiger partial charge < -0.3 is 14.4 Å². The van der Waals surface area contributed by atoms with Crippen LogP contribution in [0, 0.1) is 5.92 Å². The van der Waals surface area contributed by atoms with Crippen LogP contribution in [-0.2, 0) is 11.2 Å². The van der Waals surface area contributed by atoms with Crippen molar-refractivity contribution in [3.05, 3.63) is 41.4 Å². The quantitative estimate of drug-likeness (QED) is 0.901. The molecule has 0 unspecified atom stereocenters. The molecule has 0 aliphatic carbocycles. The van der Waals surface area contributed by atoms with E-state index in [4.69, 9.17) is 21.1 Å². The summed E-state index contributed by atoms with van der Waals surface area (Å²) in [7, 11) is 0. The number of likely N-dealkylation sites (tertiary alicyclic amines) is 1. The van der Waals surface area contributed by atoms with E-state index in [0.717, 1.165) is 31.5 Å². The third-order valence-electron chi connectivity index (χ3n) is 4.47. The molecule has 0 radical (unpaired) electrons. The summed E-state index contributed by atoms with van der Waals surface area (Å²) >= 11 is 6.15. The van der Waals surface area contributed by atoms with Crippen molar-refractivity contribution in [1.82, 2.24) is 9.88 Å². The largest absolute Gasteiger partial charge is 0.441 e. The van der Waals surface area contributed by atoms with Crippen LogP contribution in [0.3, 0.4) is 0 Å². The Bertz CT molecular complexity index is 693. The second kappa shape index (κ2) is 7.81. The fourth-order valence-corrected chi connectivity index (χ4v) is 3.18. The molecule has 1 saturated heterocycles. The minimum Gasteiger partial charge on any atom is -0.441 e. The summed E-state index contributed by atoms with van der Waals surface area (Å²) in [5, 5.41) is 9.76. The average Bonchev–Trinajstić information content (AvgIpc) is 3.09. The van der Waals surface area contributed by atoms with Crippen LogP contribution in [0.25, 0.3) is 11.3 Å². The molecule has 5 nitrogen and oxygen atoms in total. The number of aliphatic hydroxyl groups excluding tert-OH is 1. The Kier molecular flexibility index (Phi) is 5.53. The zero-order valence-electron chi connectivity index (χ0n) is 13.4. The third-order valence-corrected chi connectivity index (χ3v) is 4.80.